The lowest BCUT2D eigenvalue weighted by atomic mass is 9.93. The van der Waals surface area contributed by atoms with E-state index in [1.807, 2.05) is 10.9 Å². The highest BCUT2D eigenvalue weighted by molar-refractivity contribution is 6.32. The number of hydrogen-bond donors (Lipinski definition) is 3. The Morgan fingerprint density at radius 3 is 2.74 bits per heavy atom. The smallest absolute Gasteiger partial charge is 0.271 e. The number of nitro groups is 1. The number of benzene rings is 1. The fourth-order valence-corrected chi connectivity index (χ4v) is 3.56. The minimum absolute atomic E-state index is 0.0900. The first kappa shape index (κ1) is 20.9. The molecule has 12 heteroatoms. The molecule has 1 saturated carbocycles. The van der Waals surface area contributed by atoms with Gasteiger partial charge < -0.3 is 15.7 Å². The maximum atomic E-state index is 14.1. The molecule has 0 amide bonds. The largest absolute Gasteiger partial charge is 0.393 e. The van der Waals surface area contributed by atoms with Crippen LogP contribution in [0.2, 0.25) is 5.02 Å². The van der Waals surface area contributed by atoms with Crippen LogP contribution in [-0.4, -0.2) is 35.9 Å². The molecule has 31 heavy (non-hydrogen) atoms. The number of hydrogen-bond acceptors (Lipinski definition) is 8. The molecule has 0 aliphatic heterocycles. The number of non-ortho nitro benzene ring substituents is 1. The van der Waals surface area contributed by atoms with Crippen LogP contribution >= 0.6 is 11.6 Å². The molecule has 1 fully saturated rings. The molecule has 3 aromatic rings. The van der Waals surface area contributed by atoms with Crippen LogP contribution in [0.5, 0.6) is 0 Å². The van der Waals surface area contributed by atoms with Crippen LogP contribution in [0.25, 0.3) is 0 Å². The van der Waals surface area contributed by atoms with Gasteiger partial charge in [-0.3, -0.25) is 14.8 Å². The summed E-state index contributed by atoms with van der Waals surface area (Å²) in [6.45, 7) is 0. The molecule has 0 radical (unpaired) electrons. The molecule has 0 unspecified atom stereocenters. The Kier molecular flexibility index (Phi) is 5.96. The van der Waals surface area contributed by atoms with Crippen molar-refractivity contribution < 1.29 is 14.4 Å². The second kappa shape index (κ2) is 8.82. The Balaban J connectivity index is 1.50. The van der Waals surface area contributed by atoms with Gasteiger partial charge in [-0.2, -0.15) is 10.1 Å². The molecular formula is C19H19ClFN7O3. The van der Waals surface area contributed by atoms with Gasteiger partial charge in [0.2, 0.25) is 5.95 Å². The Hall–Kier alpha value is -3.31. The number of aliphatic hydroxyl groups is 1. The van der Waals surface area contributed by atoms with Crippen molar-refractivity contribution in [2.75, 3.05) is 10.6 Å². The maximum Gasteiger partial charge on any atom is 0.271 e. The van der Waals surface area contributed by atoms with Gasteiger partial charge in [0.25, 0.3) is 5.69 Å². The summed E-state index contributed by atoms with van der Waals surface area (Å²) in [6, 6.07) is 3.35. The molecule has 162 valence electrons. The topological polar surface area (TPSA) is 131 Å². The quantitative estimate of drug-likeness (QED) is 0.375. The Bertz CT molecular complexity index is 1100. The number of nitrogens with one attached hydrogen (secondary N) is 2. The number of halogens is 2. The SMILES string of the molecule is O=[N+]([O-])c1ccc(F)c(Nc2nc(Nc3cnn(C4CCC(O)CC4)c3)ncc2Cl)c1. The highest BCUT2D eigenvalue weighted by atomic mass is 35.5. The third-order valence-electron chi connectivity index (χ3n) is 5.06. The van der Waals surface area contributed by atoms with E-state index in [2.05, 4.69) is 25.7 Å². The molecule has 0 saturated heterocycles. The summed E-state index contributed by atoms with van der Waals surface area (Å²) in [4.78, 5) is 18.7. The summed E-state index contributed by atoms with van der Waals surface area (Å²) < 4.78 is 15.9. The van der Waals surface area contributed by atoms with E-state index < -0.39 is 10.7 Å². The molecule has 10 nitrogen and oxygen atoms in total. The minimum Gasteiger partial charge on any atom is -0.393 e. The number of nitro benzene ring substituents is 1. The highest BCUT2D eigenvalue weighted by Gasteiger charge is 2.21. The molecule has 1 aromatic carbocycles. The molecule has 2 aromatic heterocycles. The van der Waals surface area contributed by atoms with Crippen LogP contribution in [0.15, 0.2) is 36.8 Å². The van der Waals surface area contributed by atoms with E-state index in [-0.39, 0.29) is 40.3 Å². The van der Waals surface area contributed by atoms with Crippen molar-refractivity contribution in [3.63, 3.8) is 0 Å². The summed E-state index contributed by atoms with van der Waals surface area (Å²) >= 11 is 6.11. The third kappa shape index (κ3) is 4.89. The number of aromatic nitrogens is 4. The molecule has 2 heterocycles. The van der Waals surface area contributed by atoms with Crippen molar-refractivity contribution in [3.8, 4) is 0 Å². The van der Waals surface area contributed by atoms with Crippen molar-refractivity contribution in [1.82, 2.24) is 19.7 Å². The summed E-state index contributed by atoms with van der Waals surface area (Å²) in [5, 5.41) is 30.8. The first-order valence-corrected chi connectivity index (χ1v) is 9.99. The van der Waals surface area contributed by atoms with E-state index in [0.717, 1.165) is 43.9 Å². The zero-order valence-corrected chi connectivity index (χ0v) is 17.0. The summed E-state index contributed by atoms with van der Waals surface area (Å²) in [6.07, 6.45) is 7.75. The van der Waals surface area contributed by atoms with Gasteiger partial charge in [0.05, 0.1) is 40.8 Å². The van der Waals surface area contributed by atoms with Gasteiger partial charge in [0, 0.05) is 18.3 Å². The predicted molar refractivity (Wildman–Crippen MR) is 112 cm³/mol. The van der Waals surface area contributed by atoms with Crippen LogP contribution in [0.3, 0.4) is 0 Å². The number of rotatable bonds is 6. The van der Waals surface area contributed by atoms with Gasteiger partial charge in [-0.1, -0.05) is 11.6 Å². The van der Waals surface area contributed by atoms with E-state index in [9.17, 15) is 19.6 Å². The van der Waals surface area contributed by atoms with Crippen LogP contribution in [0, 0.1) is 15.9 Å². The van der Waals surface area contributed by atoms with Crippen molar-refractivity contribution in [2.45, 2.75) is 37.8 Å². The van der Waals surface area contributed by atoms with E-state index in [0.29, 0.717) is 5.69 Å². The van der Waals surface area contributed by atoms with Crippen LogP contribution < -0.4 is 10.6 Å². The Labute approximate surface area is 181 Å². The second-order valence-electron chi connectivity index (χ2n) is 7.23. The lowest BCUT2D eigenvalue weighted by Gasteiger charge is -2.25. The van der Waals surface area contributed by atoms with E-state index in [1.165, 1.54) is 6.20 Å². The average Bonchev–Trinajstić information content (AvgIpc) is 3.21. The van der Waals surface area contributed by atoms with Crippen molar-refractivity contribution in [2.24, 2.45) is 0 Å². The predicted octanol–water partition coefficient (Wildman–Crippen LogP) is 4.34. The van der Waals surface area contributed by atoms with Gasteiger partial charge in [-0.15, -0.1) is 0 Å². The minimum atomic E-state index is -0.686. The fraction of sp³-hybridized carbons (Fsp3) is 0.316. The van der Waals surface area contributed by atoms with Gasteiger partial charge in [0.1, 0.15) is 10.8 Å². The number of nitrogens with zero attached hydrogens (tertiary/aromatic N) is 5. The van der Waals surface area contributed by atoms with Crippen molar-refractivity contribution >= 4 is 40.4 Å². The first-order valence-electron chi connectivity index (χ1n) is 9.62. The standard InChI is InChI=1S/C19H19ClFN7O3/c20-15-9-22-19(24-11-8-23-27(10-11)12-1-4-14(29)5-2-12)26-18(15)25-17-7-13(28(30)31)3-6-16(17)21/h3,6-10,12,14,29H,1-2,4-5H2,(H2,22,24,25,26). The zero-order chi connectivity index (χ0) is 22.0. The monoisotopic (exact) mass is 447 g/mol. The maximum absolute atomic E-state index is 14.1. The molecule has 1 aliphatic carbocycles. The number of aliphatic hydroxyl groups excluding tert-OH is 1. The zero-order valence-electron chi connectivity index (χ0n) is 16.2. The summed E-state index contributed by atoms with van der Waals surface area (Å²) in [5.41, 5.74) is 0.254. The average molecular weight is 448 g/mol. The molecule has 3 N–H and O–H groups in total. The van der Waals surface area contributed by atoms with Crippen LogP contribution in [0.4, 0.5) is 33.2 Å². The number of anilines is 4. The Morgan fingerprint density at radius 2 is 2.00 bits per heavy atom. The fourth-order valence-electron chi connectivity index (χ4n) is 3.42. The molecule has 4 rings (SSSR count). The third-order valence-corrected chi connectivity index (χ3v) is 5.33. The van der Waals surface area contributed by atoms with Gasteiger partial charge in [0.15, 0.2) is 5.82 Å². The summed E-state index contributed by atoms with van der Waals surface area (Å²) in [7, 11) is 0. The van der Waals surface area contributed by atoms with E-state index >= 15 is 0 Å². The first-order chi connectivity index (χ1) is 14.9. The van der Waals surface area contributed by atoms with Crippen LogP contribution in [-0.2, 0) is 0 Å². The van der Waals surface area contributed by atoms with Crippen LogP contribution in [0.1, 0.15) is 31.7 Å². The van der Waals surface area contributed by atoms with Crippen molar-refractivity contribution in [1.29, 1.82) is 0 Å². The highest BCUT2D eigenvalue weighted by Crippen LogP contribution is 2.30. The summed E-state index contributed by atoms with van der Waals surface area (Å²) in [5.74, 6) is -0.405. The normalized spacial score (nSPS) is 18.5. The Morgan fingerprint density at radius 1 is 1.23 bits per heavy atom. The molecule has 0 atom stereocenters. The lowest BCUT2D eigenvalue weighted by molar-refractivity contribution is -0.384. The second-order valence-corrected chi connectivity index (χ2v) is 7.64. The molecule has 1 aliphatic rings. The van der Waals surface area contributed by atoms with Gasteiger partial charge >= 0.3 is 0 Å². The molecular weight excluding hydrogens is 429 g/mol. The molecule has 0 spiro atoms. The van der Waals surface area contributed by atoms with E-state index in [1.54, 1.807) is 6.20 Å². The van der Waals surface area contributed by atoms with Gasteiger partial charge in [-0.05, 0) is 31.7 Å². The lowest BCUT2D eigenvalue weighted by Crippen LogP contribution is -2.21. The van der Waals surface area contributed by atoms with Crippen molar-refractivity contribution in [3.05, 3.63) is 57.7 Å². The van der Waals surface area contributed by atoms with E-state index in [4.69, 9.17) is 11.6 Å². The molecule has 0 bridgehead atoms. The van der Waals surface area contributed by atoms with Gasteiger partial charge in [-0.25, -0.2) is 9.37 Å².